The van der Waals surface area contributed by atoms with Gasteiger partial charge in [0.1, 0.15) is 11.8 Å². The summed E-state index contributed by atoms with van der Waals surface area (Å²) in [4.78, 5) is 13.1. The lowest BCUT2D eigenvalue weighted by Gasteiger charge is -2.18. The van der Waals surface area contributed by atoms with Crippen molar-refractivity contribution in [3.05, 3.63) is 29.8 Å². The molecular weight excluding hydrogens is 244 g/mol. The molecule has 1 aliphatic heterocycles. The first-order chi connectivity index (χ1) is 9.10. The molecule has 1 aliphatic rings. The summed E-state index contributed by atoms with van der Waals surface area (Å²) < 4.78 is 5.12. The van der Waals surface area contributed by atoms with Gasteiger partial charge in [-0.1, -0.05) is 12.1 Å². The second-order valence-corrected chi connectivity index (χ2v) is 5.00. The van der Waals surface area contributed by atoms with Gasteiger partial charge in [0.25, 0.3) is 0 Å². The van der Waals surface area contributed by atoms with Crippen molar-refractivity contribution in [3.8, 4) is 5.75 Å². The van der Waals surface area contributed by atoms with Crippen LogP contribution in [-0.2, 0) is 11.3 Å². The zero-order chi connectivity index (χ0) is 13.8. The molecule has 0 aromatic heterocycles. The highest BCUT2D eigenvalue weighted by Crippen LogP contribution is 2.21. The summed E-state index contributed by atoms with van der Waals surface area (Å²) in [6.45, 7) is 2.48. The quantitative estimate of drug-likeness (QED) is 0.827. The van der Waals surface area contributed by atoms with Crippen LogP contribution in [0.25, 0.3) is 0 Å². The number of nitrogens with two attached hydrogens (primary N) is 1. The van der Waals surface area contributed by atoms with Crippen LogP contribution in [0.3, 0.4) is 0 Å². The minimum absolute atomic E-state index is 0.0516. The molecule has 1 aromatic carbocycles. The maximum Gasteiger partial charge on any atom is 0.320 e. The summed E-state index contributed by atoms with van der Waals surface area (Å²) in [5.74, 6) is -0.0111. The van der Waals surface area contributed by atoms with E-state index in [1.54, 1.807) is 7.11 Å². The Morgan fingerprint density at radius 1 is 1.53 bits per heavy atom. The highest BCUT2D eigenvalue weighted by atomic mass is 16.5. The summed E-state index contributed by atoms with van der Waals surface area (Å²) in [6.07, 6.45) is 0.851. The number of ether oxygens (including phenoxy) is 1. The molecule has 1 aromatic rings. The molecule has 0 aliphatic carbocycles. The average molecular weight is 264 g/mol. The molecule has 2 unspecified atom stereocenters. The lowest BCUT2D eigenvalue weighted by molar-refractivity contribution is -0.139. The molecule has 1 saturated heterocycles. The van der Waals surface area contributed by atoms with E-state index in [9.17, 15) is 4.79 Å². The van der Waals surface area contributed by atoms with Crippen molar-refractivity contribution in [2.24, 2.45) is 11.7 Å². The van der Waals surface area contributed by atoms with Gasteiger partial charge in [-0.05, 0) is 36.6 Å². The average Bonchev–Trinajstić information content (AvgIpc) is 2.87. The third kappa shape index (κ3) is 3.45. The van der Waals surface area contributed by atoms with E-state index in [4.69, 9.17) is 15.6 Å². The Hall–Kier alpha value is -1.59. The van der Waals surface area contributed by atoms with Gasteiger partial charge in [-0.2, -0.15) is 0 Å². The number of nitrogens with zero attached hydrogens (tertiary/aromatic N) is 1. The summed E-state index contributed by atoms with van der Waals surface area (Å²) >= 11 is 0. The Morgan fingerprint density at radius 2 is 2.21 bits per heavy atom. The van der Waals surface area contributed by atoms with Crippen LogP contribution < -0.4 is 10.5 Å². The van der Waals surface area contributed by atoms with Gasteiger partial charge in [-0.25, -0.2) is 0 Å². The standard InChI is InChI=1S/C14H20N2O3/c1-19-12-4-2-10(3-5-12)8-16-7-6-11(9-16)13(15)14(17)18/h2-5,11,13H,6-9,15H2,1H3,(H,17,18). The number of hydrogen-bond donors (Lipinski definition) is 2. The fourth-order valence-corrected chi connectivity index (χ4v) is 2.49. The fraction of sp³-hybridized carbons (Fsp3) is 0.500. The number of rotatable bonds is 5. The van der Waals surface area contributed by atoms with Crippen LogP contribution in [0.15, 0.2) is 24.3 Å². The minimum Gasteiger partial charge on any atom is -0.497 e. The Morgan fingerprint density at radius 3 is 2.79 bits per heavy atom. The number of aliphatic carboxylic acids is 1. The van der Waals surface area contributed by atoms with Gasteiger partial charge >= 0.3 is 5.97 Å². The normalized spacial score (nSPS) is 21.3. The highest BCUT2D eigenvalue weighted by Gasteiger charge is 2.31. The molecule has 0 amide bonds. The SMILES string of the molecule is COc1ccc(CN2CCC(C(N)C(=O)O)C2)cc1. The molecule has 5 heteroatoms. The van der Waals surface area contributed by atoms with Gasteiger partial charge in [0.05, 0.1) is 7.11 Å². The van der Waals surface area contributed by atoms with E-state index >= 15 is 0 Å². The molecule has 2 atom stereocenters. The third-order valence-corrected chi connectivity index (χ3v) is 3.67. The van der Waals surface area contributed by atoms with E-state index in [-0.39, 0.29) is 5.92 Å². The van der Waals surface area contributed by atoms with Crippen LogP contribution in [0.2, 0.25) is 0 Å². The molecule has 0 spiro atoms. The van der Waals surface area contributed by atoms with Crippen LogP contribution in [0.1, 0.15) is 12.0 Å². The summed E-state index contributed by atoms with van der Waals surface area (Å²) in [5.41, 5.74) is 6.87. The Balaban J connectivity index is 1.89. The molecule has 5 nitrogen and oxygen atoms in total. The van der Waals surface area contributed by atoms with Crippen molar-refractivity contribution in [1.82, 2.24) is 4.90 Å². The summed E-state index contributed by atoms with van der Waals surface area (Å²) in [6, 6.07) is 7.19. The van der Waals surface area contributed by atoms with Crippen LogP contribution in [0.4, 0.5) is 0 Å². The summed E-state index contributed by atoms with van der Waals surface area (Å²) in [5, 5.41) is 8.92. The lowest BCUT2D eigenvalue weighted by atomic mass is 10.0. The van der Waals surface area contributed by atoms with Crippen molar-refractivity contribution in [1.29, 1.82) is 0 Å². The molecule has 0 saturated carbocycles. The van der Waals surface area contributed by atoms with Gasteiger partial charge in [-0.15, -0.1) is 0 Å². The van der Waals surface area contributed by atoms with Crippen molar-refractivity contribution >= 4 is 5.97 Å². The predicted molar refractivity (Wildman–Crippen MR) is 72.0 cm³/mol. The molecule has 0 radical (unpaired) electrons. The molecule has 1 fully saturated rings. The molecule has 19 heavy (non-hydrogen) atoms. The Kier molecular flexibility index (Phi) is 4.39. The van der Waals surface area contributed by atoms with E-state index in [1.165, 1.54) is 5.56 Å². The highest BCUT2D eigenvalue weighted by molar-refractivity contribution is 5.73. The maximum atomic E-state index is 10.9. The van der Waals surface area contributed by atoms with E-state index in [0.29, 0.717) is 0 Å². The summed E-state index contributed by atoms with van der Waals surface area (Å²) in [7, 11) is 1.65. The minimum atomic E-state index is -0.906. The zero-order valence-electron chi connectivity index (χ0n) is 11.1. The number of benzene rings is 1. The van der Waals surface area contributed by atoms with Crippen molar-refractivity contribution in [2.75, 3.05) is 20.2 Å². The van der Waals surface area contributed by atoms with Crippen LogP contribution >= 0.6 is 0 Å². The van der Waals surface area contributed by atoms with E-state index in [1.807, 2.05) is 24.3 Å². The van der Waals surface area contributed by atoms with E-state index < -0.39 is 12.0 Å². The first kappa shape index (κ1) is 13.8. The number of methoxy groups -OCH3 is 1. The van der Waals surface area contributed by atoms with Crippen molar-refractivity contribution < 1.29 is 14.6 Å². The predicted octanol–water partition coefficient (Wildman–Crippen LogP) is 0.929. The maximum absolute atomic E-state index is 10.9. The Bertz CT molecular complexity index is 433. The number of hydrogen-bond acceptors (Lipinski definition) is 4. The second-order valence-electron chi connectivity index (χ2n) is 5.00. The number of carboxylic acid groups (broad SMARTS) is 1. The molecule has 2 rings (SSSR count). The van der Waals surface area contributed by atoms with E-state index in [0.717, 1.165) is 31.8 Å². The third-order valence-electron chi connectivity index (χ3n) is 3.67. The number of likely N-dealkylation sites (tertiary alicyclic amines) is 1. The molecule has 104 valence electrons. The van der Waals surface area contributed by atoms with Crippen LogP contribution in [0.5, 0.6) is 5.75 Å². The Labute approximate surface area is 113 Å². The molecule has 1 heterocycles. The van der Waals surface area contributed by atoms with Crippen molar-refractivity contribution in [3.63, 3.8) is 0 Å². The molecular formula is C14H20N2O3. The van der Waals surface area contributed by atoms with Gasteiger partial charge in [0.2, 0.25) is 0 Å². The van der Waals surface area contributed by atoms with Gasteiger partial charge in [0, 0.05) is 13.1 Å². The van der Waals surface area contributed by atoms with Gasteiger partial charge in [-0.3, -0.25) is 9.69 Å². The monoisotopic (exact) mass is 264 g/mol. The number of carboxylic acids is 1. The zero-order valence-corrected chi connectivity index (χ0v) is 11.1. The molecule has 3 N–H and O–H groups in total. The topological polar surface area (TPSA) is 75.8 Å². The number of carbonyl (C=O) groups is 1. The second kappa shape index (κ2) is 6.04. The lowest BCUT2D eigenvalue weighted by Crippen LogP contribution is -2.39. The van der Waals surface area contributed by atoms with Gasteiger partial charge < -0.3 is 15.6 Å². The smallest absolute Gasteiger partial charge is 0.320 e. The van der Waals surface area contributed by atoms with E-state index in [2.05, 4.69) is 4.90 Å². The fourth-order valence-electron chi connectivity index (χ4n) is 2.49. The van der Waals surface area contributed by atoms with Gasteiger partial charge in [0.15, 0.2) is 0 Å². The molecule has 0 bridgehead atoms. The first-order valence-corrected chi connectivity index (χ1v) is 6.44. The first-order valence-electron chi connectivity index (χ1n) is 6.44. The largest absolute Gasteiger partial charge is 0.497 e. The van der Waals surface area contributed by atoms with Crippen LogP contribution in [-0.4, -0.2) is 42.2 Å². The van der Waals surface area contributed by atoms with Crippen molar-refractivity contribution in [2.45, 2.75) is 19.0 Å². The van der Waals surface area contributed by atoms with Crippen LogP contribution in [0, 0.1) is 5.92 Å².